The molecule has 2 aliphatic carbocycles. The van der Waals surface area contributed by atoms with Crippen LogP contribution in [0.5, 0.6) is 17.2 Å². The van der Waals surface area contributed by atoms with E-state index in [-0.39, 0.29) is 98.9 Å². The number of ether oxygens (including phenoxy) is 13. The minimum Gasteiger partial charge on any atom is -0.492 e. The molecule has 40 heteroatoms. The van der Waals surface area contributed by atoms with Crippen LogP contribution in [0.25, 0.3) is 0 Å². The topological polar surface area (TPSA) is 523 Å². The first-order valence-corrected chi connectivity index (χ1v) is 41.0. The van der Waals surface area contributed by atoms with Crippen LogP contribution in [0.3, 0.4) is 0 Å². The van der Waals surface area contributed by atoms with Gasteiger partial charge in [0.1, 0.15) is 67.0 Å². The highest BCUT2D eigenvalue weighted by Gasteiger charge is 2.52. The molecule has 4 saturated heterocycles. The first-order valence-electron chi connectivity index (χ1n) is 39.0. The monoisotopic (exact) mass is 1810 g/mol. The molecule has 4 aliphatic heterocycles. The lowest BCUT2D eigenvalue weighted by molar-refractivity contribution is -0.337. The second-order valence-corrected chi connectivity index (χ2v) is 31.8. The predicted molar refractivity (Wildman–Crippen MR) is 433 cm³/mol. The molecular formula is C79H111IN10O28S. The summed E-state index contributed by atoms with van der Waals surface area (Å²) in [4.78, 5) is 128. The fraction of sp³-hybridized carbons (Fsp3) is 0.633. The summed E-state index contributed by atoms with van der Waals surface area (Å²) in [6.07, 6.45) is -17.3. The van der Waals surface area contributed by atoms with E-state index in [9.17, 15) is 68.7 Å². The van der Waals surface area contributed by atoms with Gasteiger partial charge < -0.3 is 130 Å². The highest BCUT2D eigenvalue weighted by Crippen LogP contribution is 2.49. The Balaban J connectivity index is 0.954. The number of likely N-dealkylation sites (N-methyl/N-ethyl adjacent to an activating group) is 1. The van der Waals surface area contributed by atoms with Gasteiger partial charge in [0.15, 0.2) is 36.2 Å². The van der Waals surface area contributed by atoms with Crippen LogP contribution in [0.2, 0.25) is 0 Å². The van der Waals surface area contributed by atoms with E-state index in [2.05, 4.69) is 61.1 Å². The summed E-state index contributed by atoms with van der Waals surface area (Å²) in [5, 5.41) is 72.4. The predicted octanol–water partition coefficient (Wildman–Crippen LogP) is 1.70. The number of nitrogens with two attached hydrogens (primary N) is 2. The van der Waals surface area contributed by atoms with Crippen LogP contribution in [-0.4, -0.2) is 278 Å². The van der Waals surface area contributed by atoms with Gasteiger partial charge in [-0.2, -0.15) is 5.48 Å². The Morgan fingerprint density at radius 1 is 0.765 bits per heavy atom. The van der Waals surface area contributed by atoms with E-state index in [1.165, 1.54) is 52.4 Å². The molecule has 2 aromatic rings. The van der Waals surface area contributed by atoms with Gasteiger partial charge in [-0.05, 0) is 137 Å². The lowest BCUT2D eigenvalue weighted by Gasteiger charge is -2.47. The maximum absolute atomic E-state index is 14.6. The van der Waals surface area contributed by atoms with Crippen LogP contribution < -0.4 is 63.1 Å². The van der Waals surface area contributed by atoms with Crippen molar-refractivity contribution in [1.29, 1.82) is 0 Å². The van der Waals surface area contributed by atoms with Gasteiger partial charge in [-0.25, -0.2) is 14.4 Å². The molecule has 2 bridgehead atoms. The SMILES string of the molecule is CCN(C(=O)OCc1ccc(NC(=O)[C@H](CCCNC(N)=O)NC(=O)[C@@H](NC(=O)[C@H](CCCCN)NC(C)=O)C(C)C)cc1)[C@H]1CO[C@@H](O[C@H]2[C@H](O[C@H]3C#C/C=C\C#C[C@]4(O)CC(=O)C(NC(=O)OC)=C3C4)O[C@H](C)[C@@H](NO[C@H]3C[C@H](O)[C@H](SC(=O)c4c(C)c(I)c(O[C@@H]5O[C@@H](C)[C@H](O)[C@@H](OC)[C@H]5O)c(OC)c4OC)[C@@H](C)O3)[C@@H]2O)C[C@@H]1OC. The standard InChI is InChI=1S/C79H111IN10O28S/c1-14-90(78(103)111-36-44-25-27-45(28-26-44)85-70(97)48(23-21-31-83-76(82)101)86-72(99)58(38(2)3)87-71(98)47(84-43(8)91)22-18-20-30-81)49-37-110-54(33-53(49)105-9)116-67-62(95)59(40(5)113-75(67)115-52-24-17-15-16-19-29-79(104)34-46(52)60(51(93)35-79)88-77(102)109-13)89-118-55-32-50(92)69(42(7)112-55)119-73(100)56-39(4)57(80)65(68(108-12)64(56)106-10)117-74-63(96)66(107-11)61(94)41(6)114-74/h15-16,25-28,38,40-42,47-50,52-55,58-59,61-63,66-67,69,74-75,89,92,94-96,104H,14,18,20-23,30-37,81H2,1-13H3,(H,84,91)(H,85,97)(H,86,99)(H,87,98)(H,88,102)(H3,82,83,101)/b16-15-/t40-,41+,42-,47+,48+,49+,50+,52+,53+,54+,55+,58+,59-,61+,62+,63-,66-,67-,69-,74+,75+,79-/m1/s1. The first-order chi connectivity index (χ1) is 56.6. The molecule has 4 fully saturated rings. The molecular weight excluding hydrogens is 1700 g/mol. The fourth-order valence-electron chi connectivity index (χ4n) is 14.4. The third kappa shape index (κ3) is 25.3. The highest BCUT2D eigenvalue weighted by molar-refractivity contribution is 14.1. The van der Waals surface area contributed by atoms with E-state index in [1.807, 2.05) is 22.6 Å². The van der Waals surface area contributed by atoms with Gasteiger partial charge >= 0.3 is 18.2 Å². The zero-order chi connectivity index (χ0) is 87.3. The molecule has 38 nitrogen and oxygen atoms in total. The van der Waals surface area contributed by atoms with Gasteiger partial charge in [0.2, 0.25) is 40.8 Å². The molecule has 0 radical (unpaired) electrons. The van der Waals surface area contributed by atoms with Gasteiger partial charge in [-0.3, -0.25) is 38.9 Å². The molecule has 2 aromatic carbocycles. The lowest BCUT2D eigenvalue weighted by Crippen LogP contribution is -2.65. The number of hydroxylamine groups is 1. The molecule has 4 heterocycles. The van der Waals surface area contributed by atoms with Crippen molar-refractivity contribution < 1.29 is 135 Å². The minimum atomic E-state index is -1.96. The number of allylic oxidation sites excluding steroid dienone is 3. The van der Waals surface area contributed by atoms with Crippen LogP contribution in [0.1, 0.15) is 128 Å². The van der Waals surface area contributed by atoms with Crippen molar-refractivity contribution in [2.45, 2.75) is 253 Å². The number of benzene rings is 2. The number of hydrogen-bond acceptors (Lipinski definition) is 31. The number of halogens is 1. The van der Waals surface area contributed by atoms with Gasteiger partial charge in [0.25, 0.3) is 0 Å². The number of primary amides is 1. The van der Waals surface area contributed by atoms with Crippen LogP contribution in [0, 0.1) is 40.1 Å². The van der Waals surface area contributed by atoms with E-state index in [0.29, 0.717) is 39.8 Å². The molecule has 8 amide bonds. The molecule has 6 aliphatic rings. The Hall–Kier alpha value is -8.09. The number of nitrogens with one attached hydrogen (secondary N) is 7. The number of hydrogen-bond donors (Lipinski definition) is 14. The van der Waals surface area contributed by atoms with Crippen molar-refractivity contribution in [1.82, 2.24) is 37.0 Å². The highest BCUT2D eigenvalue weighted by atomic mass is 127. The molecule has 0 aromatic heterocycles. The minimum absolute atomic E-state index is 0.00661. The summed E-state index contributed by atoms with van der Waals surface area (Å²) < 4.78 is 78.7. The molecule has 0 saturated carbocycles. The number of carbonyl (C=O) groups is 9. The Morgan fingerprint density at radius 2 is 1.45 bits per heavy atom. The number of methoxy groups -OCH3 is 5. The van der Waals surface area contributed by atoms with Gasteiger partial charge in [-0.1, -0.05) is 61.4 Å². The molecule has 8 rings (SSSR count). The van der Waals surface area contributed by atoms with Gasteiger partial charge in [0, 0.05) is 64.8 Å². The van der Waals surface area contributed by atoms with E-state index in [0.717, 1.165) is 18.9 Å². The average Bonchev–Trinajstić information content (AvgIpc) is 0.758. The number of aliphatic hydroxyl groups excluding tert-OH is 4. The van der Waals surface area contributed by atoms with Crippen molar-refractivity contribution in [3.8, 4) is 40.9 Å². The van der Waals surface area contributed by atoms with Crippen molar-refractivity contribution in [3.63, 3.8) is 0 Å². The molecule has 658 valence electrons. The zero-order valence-corrected chi connectivity index (χ0v) is 71.6. The van der Waals surface area contributed by atoms with E-state index in [4.69, 9.17) is 77.9 Å². The summed E-state index contributed by atoms with van der Waals surface area (Å²) in [6.45, 7) is 12.9. The van der Waals surface area contributed by atoms with Crippen LogP contribution in [0.4, 0.5) is 20.1 Å². The quantitative estimate of drug-likeness (QED) is 0.0200. The summed E-state index contributed by atoms with van der Waals surface area (Å²) in [7, 11) is 6.51. The number of anilines is 1. The van der Waals surface area contributed by atoms with Crippen molar-refractivity contribution in [2.24, 2.45) is 17.4 Å². The summed E-state index contributed by atoms with van der Waals surface area (Å²) >= 11 is 2.75. The smallest absolute Gasteiger partial charge is 0.411 e. The average molecular weight is 1810 g/mol. The molecule has 16 N–H and O–H groups in total. The van der Waals surface area contributed by atoms with E-state index in [1.54, 1.807) is 72.7 Å². The Labute approximate surface area is 707 Å². The number of unbranched alkanes of at least 4 members (excludes halogenated alkanes) is 1. The van der Waals surface area contributed by atoms with Crippen molar-refractivity contribution in [3.05, 3.63) is 67.9 Å². The lowest BCUT2D eigenvalue weighted by atomic mass is 9.80. The summed E-state index contributed by atoms with van der Waals surface area (Å²) in [6, 6.07) is 0.263. The molecule has 22 atom stereocenters. The number of thioether (sulfide) groups is 1. The number of ketones is 1. The summed E-state index contributed by atoms with van der Waals surface area (Å²) in [5.74, 6) is 7.64. The zero-order valence-electron chi connectivity index (χ0n) is 68.6. The van der Waals surface area contributed by atoms with E-state index >= 15 is 0 Å². The summed E-state index contributed by atoms with van der Waals surface area (Å²) in [5.41, 5.74) is 12.8. The first kappa shape index (κ1) is 96.4. The second-order valence-electron chi connectivity index (χ2n) is 29.6. The number of rotatable bonds is 36. The third-order valence-corrected chi connectivity index (χ3v) is 23.5. The number of Topliss-reactive ketones (excluding diaryl/α,β-unsaturated/α-hetero) is 1. The second kappa shape index (κ2) is 45.2. The van der Waals surface area contributed by atoms with E-state index < -0.39 is 198 Å². The van der Waals surface area contributed by atoms with Crippen LogP contribution in [-0.2, 0) is 82.8 Å². The number of amides is 8. The largest absolute Gasteiger partial charge is 0.492 e. The number of nitrogens with zero attached hydrogens (tertiary/aromatic N) is 1. The normalized spacial score (nSPS) is 28.9. The molecule has 0 unspecified atom stereocenters. The Morgan fingerprint density at radius 3 is 2.09 bits per heavy atom. The maximum Gasteiger partial charge on any atom is 0.411 e. The number of urea groups is 1. The fourth-order valence-corrected chi connectivity index (χ4v) is 16.2. The van der Waals surface area contributed by atoms with Gasteiger partial charge in [-0.15, -0.1) is 0 Å². The molecule has 0 spiro atoms. The number of aliphatic hydroxyl groups is 5. The van der Waals surface area contributed by atoms with Crippen molar-refractivity contribution >= 4 is 92.8 Å². The molecule has 119 heavy (non-hydrogen) atoms. The third-order valence-electron chi connectivity index (χ3n) is 20.8. The number of fused-ring (bicyclic) bond motifs is 2. The Kier molecular flexibility index (Phi) is 36.6. The van der Waals surface area contributed by atoms with Crippen molar-refractivity contribution in [2.75, 3.05) is 67.1 Å². The van der Waals surface area contributed by atoms with Crippen LogP contribution >= 0.6 is 34.4 Å². The number of alkyl carbamates (subject to hydrolysis) is 1. The van der Waals surface area contributed by atoms with Crippen LogP contribution in [0.15, 0.2) is 47.7 Å². The number of carbonyl (C=O) groups excluding carboxylic acids is 9. The Bertz CT molecular complexity index is 4080. The van der Waals surface area contributed by atoms with Gasteiger partial charge in [0.05, 0.1) is 97.0 Å². The maximum atomic E-state index is 14.6.